The van der Waals surface area contributed by atoms with Gasteiger partial charge in [0.25, 0.3) is 11.7 Å². The Kier molecular flexibility index (Phi) is 5.55. The van der Waals surface area contributed by atoms with Gasteiger partial charge in [0.05, 0.1) is 18.2 Å². The summed E-state index contributed by atoms with van der Waals surface area (Å²) in [4.78, 5) is 32.3. The van der Waals surface area contributed by atoms with Crippen LogP contribution >= 0.6 is 0 Å². The first-order valence-corrected chi connectivity index (χ1v) is 11.0. The molecule has 0 bridgehead atoms. The fourth-order valence-corrected chi connectivity index (χ4v) is 4.42. The van der Waals surface area contributed by atoms with Crippen molar-refractivity contribution in [2.45, 2.75) is 13.0 Å². The number of Topliss-reactive ketones (excluding diaryl/α,β-unsaturated/α-hetero) is 1. The van der Waals surface area contributed by atoms with E-state index in [0.29, 0.717) is 29.2 Å². The summed E-state index contributed by atoms with van der Waals surface area (Å²) in [5.74, 6) is -1.10. The molecular weight excluding hydrogens is 428 g/mol. The van der Waals surface area contributed by atoms with E-state index >= 15 is 0 Å². The van der Waals surface area contributed by atoms with Crippen LogP contribution in [0.15, 0.2) is 96.8 Å². The lowest BCUT2D eigenvalue weighted by Gasteiger charge is -2.25. The molecule has 1 unspecified atom stereocenters. The molecule has 168 valence electrons. The lowest BCUT2D eigenvalue weighted by Crippen LogP contribution is -2.29. The molecule has 1 N–H and O–H groups in total. The van der Waals surface area contributed by atoms with Crippen molar-refractivity contribution in [3.8, 4) is 5.75 Å². The molecule has 0 spiro atoms. The lowest BCUT2D eigenvalue weighted by atomic mass is 9.94. The zero-order chi connectivity index (χ0) is 23.7. The molecular formula is C28H22N2O4. The maximum absolute atomic E-state index is 13.4. The standard InChI is InChI=1S/C28H22N2O4/c1-2-34-21-12-6-11-20(16-21)30-25(19-10-7-15-29-17-19)24(27(32)28(30)33)26(31)23-14-5-9-18-8-3-4-13-22(18)23/h3-17,25,31H,2H2,1H3/b26-24-. The van der Waals surface area contributed by atoms with Crippen LogP contribution in [0.1, 0.15) is 24.1 Å². The third-order valence-electron chi connectivity index (χ3n) is 5.90. The van der Waals surface area contributed by atoms with Gasteiger partial charge in [0, 0.05) is 29.7 Å². The Morgan fingerprint density at radius 3 is 2.59 bits per heavy atom. The Morgan fingerprint density at radius 1 is 1.00 bits per heavy atom. The Balaban J connectivity index is 1.74. The average Bonchev–Trinajstić information content (AvgIpc) is 3.14. The predicted octanol–water partition coefficient (Wildman–Crippen LogP) is 5.26. The van der Waals surface area contributed by atoms with E-state index in [4.69, 9.17) is 4.74 Å². The number of aromatic nitrogens is 1. The second kappa shape index (κ2) is 8.83. The number of hydrogen-bond donors (Lipinski definition) is 1. The summed E-state index contributed by atoms with van der Waals surface area (Å²) >= 11 is 0. The predicted molar refractivity (Wildman–Crippen MR) is 131 cm³/mol. The topological polar surface area (TPSA) is 79.7 Å². The molecule has 1 fully saturated rings. The van der Waals surface area contributed by atoms with Crippen molar-refractivity contribution < 1.29 is 19.4 Å². The number of nitrogens with zero attached hydrogens (tertiary/aromatic N) is 2. The van der Waals surface area contributed by atoms with Crippen LogP contribution in [0.2, 0.25) is 0 Å². The number of amides is 1. The maximum atomic E-state index is 13.4. The molecule has 3 aromatic carbocycles. The zero-order valence-electron chi connectivity index (χ0n) is 18.5. The van der Waals surface area contributed by atoms with Crippen LogP contribution in [0.25, 0.3) is 16.5 Å². The van der Waals surface area contributed by atoms with E-state index < -0.39 is 17.7 Å². The third-order valence-corrected chi connectivity index (χ3v) is 5.90. The van der Waals surface area contributed by atoms with E-state index in [1.807, 2.05) is 43.3 Å². The van der Waals surface area contributed by atoms with E-state index in [0.717, 1.165) is 10.8 Å². The van der Waals surface area contributed by atoms with Crippen molar-refractivity contribution in [3.05, 3.63) is 108 Å². The molecule has 34 heavy (non-hydrogen) atoms. The smallest absolute Gasteiger partial charge is 0.300 e. The largest absolute Gasteiger partial charge is 0.507 e. The molecule has 4 aromatic rings. The number of ketones is 1. The van der Waals surface area contributed by atoms with Gasteiger partial charge in [-0.05, 0) is 41.5 Å². The minimum absolute atomic E-state index is 0.0242. The molecule has 0 saturated carbocycles. The van der Waals surface area contributed by atoms with Gasteiger partial charge in [0.15, 0.2) is 0 Å². The first-order chi connectivity index (χ1) is 16.6. The van der Waals surface area contributed by atoms with Crippen LogP contribution < -0.4 is 9.64 Å². The summed E-state index contributed by atoms with van der Waals surface area (Å²) in [5.41, 5.74) is 1.63. The number of aliphatic hydroxyl groups excluding tert-OH is 1. The Labute approximate surface area is 196 Å². The fourth-order valence-electron chi connectivity index (χ4n) is 4.42. The molecule has 0 aliphatic carbocycles. The number of fused-ring (bicyclic) bond motifs is 1. The number of pyridine rings is 1. The minimum Gasteiger partial charge on any atom is -0.507 e. The fraction of sp³-hybridized carbons (Fsp3) is 0.107. The van der Waals surface area contributed by atoms with Crippen molar-refractivity contribution in [3.63, 3.8) is 0 Å². The average molecular weight is 450 g/mol. The van der Waals surface area contributed by atoms with E-state index in [-0.39, 0.29) is 11.3 Å². The number of anilines is 1. The SMILES string of the molecule is CCOc1cccc(N2C(=O)C(=O)/C(=C(\O)c3cccc4ccccc34)C2c2cccnc2)c1. The van der Waals surface area contributed by atoms with Gasteiger partial charge in [0.1, 0.15) is 11.5 Å². The van der Waals surface area contributed by atoms with E-state index in [1.54, 1.807) is 54.9 Å². The van der Waals surface area contributed by atoms with Crippen LogP contribution in [-0.2, 0) is 9.59 Å². The number of ether oxygens (including phenoxy) is 1. The van der Waals surface area contributed by atoms with Crippen LogP contribution in [0.3, 0.4) is 0 Å². The number of aliphatic hydroxyl groups is 1. The van der Waals surface area contributed by atoms with Crippen LogP contribution in [0.5, 0.6) is 5.75 Å². The van der Waals surface area contributed by atoms with Gasteiger partial charge in [-0.1, -0.05) is 54.6 Å². The van der Waals surface area contributed by atoms with E-state index in [2.05, 4.69) is 4.98 Å². The molecule has 1 aromatic heterocycles. The van der Waals surface area contributed by atoms with Crippen LogP contribution in [0, 0.1) is 0 Å². The molecule has 5 rings (SSSR count). The zero-order valence-corrected chi connectivity index (χ0v) is 18.5. The number of carbonyl (C=O) groups excluding carboxylic acids is 2. The van der Waals surface area contributed by atoms with Gasteiger partial charge >= 0.3 is 0 Å². The number of hydrogen-bond acceptors (Lipinski definition) is 5. The van der Waals surface area contributed by atoms with Gasteiger partial charge in [0.2, 0.25) is 0 Å². The summed E-state index contributed by atoms with van der Waals surface area (Å²) in [6.07, 6.45) is 3.22. The molecule has 0 radical (unpaired) electrons. The highest BCUT2D eigenvalue weighted by Gasteiger charge is 2.47. The molecule has 1 atom stereocenters. The van der Waals surface area contributed by atoms with Crippen molar-refractivity contribution >= 4 is 33.9 Å². The summed E-state index contributed by atoms with van der Waals surface area (Å²) in [5, 5.41) is 13.2. The number of carbonyl (C=O) groups is 2. The molecule has 1 aliphatic rings. The summed E-state index contributed by atoms with van der Waals surface area (Å²) < 4.78 is 5.60. The van der Waals surface area contributed by atoms with Gasteiger partial charge in [-0.2, -0.15) is 0 Å². The molecule has 1 saturated heterocycles. The highest BCUT2D eigenvalue weighted by atomic mass is 16.5. The highest BCUT2D eigenvalue weighted by Crippen LogP contribution is 2.43. The van der Waals surface area contributed by atoms with Gasteiger partial charge in [-0.25, -0.2) is 0 Å². The first kappa shape index (κ1) is 21.4. The summed E-state index contributed by atoms with van der Waals surface area (Å²) in [6.45, 7) is 2.34. The summed E-state index contributed by atoms with van der Waals surface area (Å²) in [6, 6.07) is 22.8. The quantitative estimate of drug-likeness (QED) is 0.255. The van der Waals surface area contributed by atoms with Crippen LogP contribution in [-0.4, -0.2) is 28.4 Å². The maximum Gasteiger partial charge on any atom is 0.300 e. The Hall–Kier alpha value is -4.45. The first-order valence-electron chi connectivity index (χ1n) is 11.0. The van der Waals surface area contributed by atoms with E-state index in [9.17, 15) is 14.7 Å². The van der Waals surface area contributed by atoms with Crippen LogP contribution in [0.4, 0.5) is 5.69 Å². The third kappa shape index (κ3) is 3.59. The van der Waals surface area contributed by atoms with Crippen molar-refractivity contribution in [2.75, 3.05) is 11.5 Å². The highest BCUT2D eigenvalue weighted by molar-refractivity contribution is 6.51. The Bertz CT molecular complexity index is 1420. The van der Waals surface area contributed by atoms with Gasteiger partial charge < -0.3 is 9.84 Å². The normalized spacial score (nSPS) is 17.3. The molecule has 1 aliphatic heterocycles. The second-order valence-electron chi connectivity index (χ2n) is 7.91. The molecule has 2 heterocycles. The van der Waals surface area contributed by atoms with Crippen molar-refractivity contribution in [1.82, 2.24) is 4.98 Å². The molecule has 1 amide bonds. The van der Waals surface area contributed by atoms with Gasteiger partial charge in [-0.15, -0.1) is 0 Å². The monoisotopic (exact) mass is 450 g/mol. The molecule has 6 nitrogen and oxygen atoms in total. The van der Waals surface area contributed by atoms with Crippen molar-refractivity contribution in [1.29, 1.82) is 0 Å². The number of rotatable bonds is 5. The number of benzene rings is 3. The van der Waals surface area contributed by atoms with Crippen molar-refractivity contribution in [2.24, 2.45) is 0 Å². The van der Waals surface area contributed by atoms with E-state index in [1.165, 1.54) is 4.90 Å². The summed E-state index contributed by atoms with van der Waals surface area (Å²) in [7, 11) is 0. The lowest BCUT2D eigenvalue weighted by molar-refractivity contribution is -0.132. The second-order valence-corrected chi connectivity index (χ2v) is 7.91. The molecule has 6 heteroatoms. The Morgan fingerprint density at radius 2 is 1.79 bits per heavy atom. The van der Waals surface area contributed by atoms with Gasteiger partial charge in [-0.3, -0.25) is 19.5 Å². The minimum atomic E-state index is -0.843.